The maximum Gasteiger partial charge on any atom is 0.417 e. The van der Waals surface area contributed by atoms with E-state index in [1.54, 1.807) is 20.8 Å². The van der Waals surface area contributed by atoms with Gasteiger partial charge in [-0.05, 0) is 32.6 Å². The second-order valence-electron chi connectivity index (χ2n) is 6.66. The molecule has 1 atom stereocenters. The highest BCUT2D eigenvalue weighted by atomic mass is 16.6. The predicted octanol–water partition coefficient (Wildman–Crippen LogP) is 2.96. The highest BCUT2D eigenvalue weighted by Crippen LogP contribution is 2.34. The van der Waals surface area contributed by atoms with Crippen LogP contribution in [0.5, 0.6) is 0 Å². The molecular formula is C13H23NO3. The van der Waals surface area contributed by atoms with E-state index in [1.807, 2.05) is 20.8 Å². The van der Waals surface area contributed by atoms with Crippen LogP contribution in [0.25, 0.3) is 0 Å². The first-order chi connectivity index (χ1) is 7.52. The molecule has 0 aliphatic carbocycles. The van der Waals surface area contributed by atoms with E-state index in [0.29, 0.717) is 6.42 Å². The normalized spacial score (nSPS) is 21.9. The standard InChI is InChI=1S/C13H23NO3/c1-12(2,3)9-7-8-10(15)14(9)11(16)17-13(4,5)6/h9H,7-8H2,1-6H3/t9-/m1/s1. The summed E-state index contributed by atoms with van der Waals surface area (Å²) in [6.07, 6.45) is 0.642. The fourth-order valence-corrected chi connectivity index (χ4v) is 2.04. The van der Waals surface area contributed by atoms with Crippen LogP contribution in [0, 0.1) is 5.41 Å². The SMILES string of the molecule is CC(C)(C)OC(=O)N1C(=O)CC[C@@H]1C(C)(C)C. The number of carbonyl (C=O) groups is 2. The molecule has 4 nitrogen and oxygen atoms in total. The van der Waals surface area contributed by atoms with Gasteiger partial charge in [0.15, 0.2) is 0 Å². The molecule has 0 aromatic rings. The molecule has 0 unspecified atom stereocenters. The summed E-state index contributed by atoms with van der Waals surface area (Å²) in [6, 6.07) is -0.0650. The molecule has 1 heterocycles. The highest BCUT2D eigenvalue weighted by Gasteiger charge is 2.43. The number of hydrogen-bond donors (Lipinski definition) is 0. The van der Waals surface area contributed by atoms with Crippen molar-refractivity contribution in [3.8, 4) is 0 Å². The molecule has 0 aromatic heterocycles. The topological polar surface area (TPSA) is 46.6 Å². The van der Waals surface area contributed by atoms with Crippen LogP contribution in [0.2, 0.25) is 0 Å². The molecular weight excluding hydrogens is 218 g/mol. The zero-order chi connectivity index (χ0) is 13.4. The van der Waals surface area contributed by atoms with Crippen molar-refractivity contribution in [1.29, 1.82) is 0 Å². The molecule has 0 aromatic carbocycles. The molecule has 1 rings (SSSR count). The van der Waals surface area contributed by atoms with Crippen molar-refractivity contribution in [3.05, 3.63) is 0 Å². The Labute approximate surface area is 103 Å². The fourth-order valence-electron chi connectivity index (χ4n) is 2.04. The molecule has 1 aliphatic rings. The minimum atomic E-state index is -0.567. The summed E-state index contributed by atoms with van der Waals surface area (Å²) in [5.41, 5.74) is -0.675. The van der Waals surface area contributed by atoms with Gasteiger partial charge in [-0.3, -0.25) is 4.79 Å². The number of hydrogen-bond acceptors (Lipinski definition) is 3. The van der Waals surface area contributed by atoms with E-state index < -0.39 is 11.7 Å². The minimum absolute atomic E-state index is 0.0650. The van der Waals surface area contributed by atoms with Gasteiger partial charge < -0.3 is 4.74 Å². The average Bonchev–Trinajstić information content (AvgIpc) is 2.42. The lowest BCUT2D eigenvalue weighted by atomic mass is 9.85. The molecule has 2 amide bonds. The van der Waals surface area contributed by atoms with Crippen molar-refractivity contribution in [2.24, 2.45) is 5.41 Å². The van der Waals surface area contributed by atoms with Crippen LogP contribution in [0.1, 0.15) is 54.4 Å². The predicted molar refractivity (Wildman–Crippen MR) is 65.6 cm³/mol. The van der Waals surface area contributed by atoms with Crippen molar-refractivity contribution in [3.63, 3.8) is 0 Å². The molecule has 0 radical (unpaired) electrons. The maximum atomic E-state index is 12.0. The summed E-state index contributed by atoms with van der Waals surface area (Å²) in [6.45, 7) is 11.5. The van der Waals surface area contributed by atoms with Crippen LogP contribution in [0.3, 0.4) is 0 Å². The van der Waals surface area contributed by atoms with Gasteiger partial charge in [0.2, 0.25) is 5.91 Å². The molecule has 4 heteroatoms. The Morgan fingerprint density at radius 2 is 1.76 bits per heavy atom. The van der Waals surface area contributed by atoms with E-state index >= 15 is 0 Å². The molecule has 0 saturated carbocycles. The van der Waals surface area contributed by atoms with E-state index in [2.05, 4.69) is 0 Å². The highest BCUT2D eigenvalue weighted by molar-refractivity contribution is 5.94. The van der Waals surface area contributed by atoms with Crippen molar-refractivity contribution in [2.75, 3.05) is 0 Å². The molecule has 98 valence electrons. The number of ether oxygens (including phenoxy) is 1. The van der Waals surface area contributed by atoms with Gasteiger partial charge in [-0.15, -0.1) is 0 Å². The van der Waals surface area contributed by atoms with Gasteiger partial charge in [-0.2, -0.15) is 0 Å². The number of rotatable bonds is 0. The van der Waals surface area contributed by atoms with Crippen LogP contribution in [0.4, 0.5) is 4.79 Å². The van der Waals surface area contributed by atoms with Crippen molar-refractivity contribution >= 4 is 12.0 Å². The number of amides is 2. The Morgan fingerprint density at radius 1 is 1.24 bits per heavy atom. The van der Waals surface area contributed by atoms with Crippen LogP contribution in [-0.2, 0) is 9.53 Å². The third-order valence-corrected chi connectivity index (χ3v) is 2.80. The first-order valence-corrected chi connectivity index (χ1v) is 6.07. The van der Waals surface area contributed by atoms with Gasteiger partial charge >= 0.3 is 6.09 Å². The lowest BCUT2D eigenvalue weighted by Gasteiger charge is -2.34. The fraction of sp³-hybridized carbons (Fsp3) is 0.846. The van der Waals surface area contributed by atoms with E-state index in [0.717, 1.165) is 6.42 Å². The summed E-state index contributed by atoms with van der Waals surface area (Å²) in [7, 11) is 0. The van der Waals surface area contributed by atoms with Crippen molar-refractivity contribution < 1.29 is 14.3 Å². The number of carbonyl (C=O) groups excluding carboxylic acids is 2. The second-order valence-corrected chi connectivity index (χ2v) is 6.66. The van der Waals surface area contributed by atoms with Crippen molar-refractivity contribution in [2.45, 2.75) is 66.0 Å². The number of imide groups is 1. The van der Waals surface area contributed by atoms with Gasteiger partial charge in [-0.25, -0.2) is 9.69 Å². The van der Waals surface area contributed by atoms with Gasteiger partial charge in [0, 0.05) is 12.5 Å². The second kappa shape index (κ2) is 4.31. The van der Waals surface area contributed by atoms with Gasteiger partial charge in [0.25, 0.3) is 0 Å². The molecule has 1 fully saturated rings. The zero-order valence-electron chi connectivity index (χ0n) is 11.7. The molecule has 0 bridgehead atoms. The van der Waals surface area contributed by atoms with Gasteiger partial charge in [0.1, 0.15) is 5.60 Å². The Balaban J connectivity index is 2.86. The van der Waals surface area contributed by atoms with E-state index in [4.69, 9.17) is 4.74 Å². The quantitative estimate of drug-likeness (QED) is 0.655. The first kappa shape index (κ1) is 14.0. The van der Waals surface area contributed by atoms with Crippen LogP contribution >= 0.6 is 0 Å². The Bertz CT molecular complexity index is 323. The third-order valence-electron chi connectivity index (χ3n) is 2.80. The summed E-state index contributed by atoms with van der Waals surface area (Å²) in [4.78, 5) is 25.1. The average molecular weight is 241 g/mol. The summed E-state index contributed by atoms with van der Waals surface area (Å²) < 4.78 is 5.28. The number of nitrogens with zero attached hydrogens (tertiary/aromatic N) is 1. The minimum Gasteiger partial charge on any atom is -0.443 e. The summed E-state index contributed by atoms with van der Waals surface area (Å²) >= 11 is 0. The lowest BCUT2D eigenvalue weighted by Crippen LogP contribution is -2.47. The summed E-state index contributed by atoms with van der Waals surface area (Å²) in [5.74, 6) is -0.126. The van der Waals surface area contributed by atoms with Gasteiger partial charge in [-0.1, -0.05) is 20.8 Å². The Hall–Kier alpha value is -1.06. The molecule has 0 spiro atoms. The molecule has 1 aliphatic heterocycles. The van der Waals surface area contributed by atoms with E-state index in [1.165, 1.54) is 4.90 Å². The summed E-state index contributed by atoms with van der Waals surface area (Å²) in [5, 5.41) is 0. The van der Waals surface area contributed by atoms with Gasteiger partial charge in [0.05, 0.1) is 0 Å². The van der Waals surface area contributed by atoms with Crippen LogP contribution < -0.4 is 0 Å². The zero-order valence-corrected chi connectivity index (χ0v) is 11.7. The monoisotopic (exact) mass is 241 g/mol. The Kier molecular flexibility index (Phi) is 3.55. The van der Waals surface area contributed by atoms with E-state index in [9.17, 15) is 9.59 Å². The van der Waals surface area contributed by atoms with E-state index in [-0.39, 0.29) is 17.4 Å². The smallest absolute Gasteiger partial charge is 0.417 e. The largest absolute Gasteiger partial charge is 0.443 e. The van der Waals surface area contributed by atoms with Crippen molar-refractivity contribution in [1.82, 2.24) is 4.90 Å². The molecule has 17 heavy (non-hydrogen) atoms. The molecule has 0 N–H and O–H groups in total. The first-order valence-electron chi connectivity index (χ1n) is 6.07. The van der Waals surface area contributed by atoms with Crippen LogP contribution in [0.15, 0.2) is 0 Å². The third kappa shape index (κ3) is 3.45. The Morgan fingerprint density at radius 3 is 2.18 bits per heavy atom. The van der Waals surface area contributed by atoms with Crippen LogP contribution in [-0.4, -0.2) is 28.5 Å². The lowest BCUT2D eigenvalue weighted by molar-refractivity contribution is -0.129. The molecule has 1 saturated heterocycles. The maximum absolute atomic E-state index is 12.0. The number of likely N-dealkylation sites (tertiary alicyclic amines) is 1.